The lowest BCUT2D eigenvalue weighted by atomic mass is 9.78. The van der Waals surface area contributed by atoms with E-state index in [4.69, 9.17) is 10.5 Å². The summed E-state index contributed by atoms with van der Waals surface area (Å²) in [7, 11) is 0. The van der Waals surface area contributed by atoms with E-state index in [2.05, 4.69) is 15.9 Å². The maximum absolute atomic E-state index is 13.9. The number of aliphatic hydroxyl groups excluding tert-OH is 1. The number of halogens is 5. The van der Waals surface area contributed by atoms with Gasteiger partial charge in [0.1, 0.15) is 5.82 Å². The van der Waals surface area contributed by atoms with Crippen molar-refractivity contribution in [3.63, 3.8) is 0 Å². The Labute approximate surface area is 120 Å². The second-order valence-electron chi connectivity index (χ2n) is 4.73. The van der Waals surface area contributed by atoms with Gasteiger partial charge in [-0.15, -0.1) is 0 Å². The average Bonchev–Trinajstić information content (AvgIpc) is 2.70. The molecular weight excluding hydrogens is 346 g/mol. The number of hydrogen-bond donors (Lipinski definition) is 2. The summed E-state index contributed by atoms with van der Waals surface area (Å²) in [6.45, 7) is -1.37. The molecule has 0 bridgehead atoms. The van der Waals surface area contributed by atoms with Crippen LogP contribution in [0.2, 0.25) is 0 Å². The first-order chi connectivity index (χ1) is 9.20. The van der Waals surface area contributed by atoms with Crippen molar-refractivity contribution in [2.75, 3.05) is 13.2 Å². The SMILES string of the molecule is N[C@]1(c2cc(Br)ccc2F)CO[C@@H](C(F)(F)F)[C@@H]1CO. The minimum atomic E-state index is -4.67. The van der Waals surface area contributed by atoms with Crippen molar-refractivity contribution in [1.29, 1.82) is 0 Å². The fourth-order valence-corrected chi connectivity index (χ4v) is 2.79. The van der Waals surface area contributed by atoms with Crippen molar-refractivity contribution < 1.29 is 27.4 Å². The molecule has 20 heavy (non-hydrogen) atoms. The summed E-state index contributed by atoms with van der Waals surface area (Å²) < 4.78 is 57.6. The van der Waals surface area contributed by atoms with Gasteiger partial charge in [0.2, 0.25) is 0 Å². The molecule has 1 heterocycles. The molecule has 1 saturated heterocycles. The number of rotatable bonds is 2. The van der Waals surface area contributed by atoms with Crippen LogP contribution in [0.15, 0.2) is 22.7 Å². The van der Waals surface area contributed by atoms with Gasteiger partial charge in [-0.1, -0.05) is 15.9 Å². The predicted molar refractivity (Wildman–Crippen MR) is 66.3 cm³/mol. The molecule has 112 valence electrons. The van der Waals surface area contributed by atoms with Crippen LogP contribution in [-0.2, 0) is 10.3 Å². The number of aliphatic hydroxyl groups is 1. The lowest BCUT2D eigenvalue weighted by Gasteiger charge is -2.31. The standard InChI is InChI=1S/C12H12BrF4NO2/c13-6-1-2-9(14)7(3-6)11(18)5-20-10(8(11)4-19)12(15,16)17/h1-3,8,10,19H,4-5,18H2/t8-,10+,11-/m0/s1. The molecule has 0 saturated carbocycles. The average molecular weight is 358 g/mol. The molecule has 0 aliphatic carbocycles. The third-order valence-electron chi connectivity index (χ3n) is 3.48. The van der Waals surface area contributed by atoms with E-state index < -0.39 is 42.8 Å². The van der Waals surface area contributed by atoms with Gasteiger partial charge in [0.05, 0.1) is 18.8 Å². The first-order valence-corrected chi connectivity index (χ1v) is 6.53. The van der Waals surface area contributed by atoms with Gasteiger partial charge in [0, 0.05) is 16.0 Å². The summed E-state index contributed by atoms with van der Waals surface area (Å²) in [5.41, 5.74) is 4.10. The highest BCUT2D eigenvalue weighted by Gasteiger charge is 2.58. The first kappa shape index (κ1) is 15.7. The Morgan fingerprint density at radius 2 is 2.10 bits per heavy atom. The molecule has 0 aromatic heterocycles. The molecule has 3 N–H and O–H groups in total. The van der Waals surface area contributed by atoms with Gasteiger partial charge in [-0.05, 0) is 18.2 Å². The fourth-order valence-electron chi connectivity index (χ4n) is 2.43. The molecule has 1 aromatic carbocycles. The van der Waals surface area contributed by atoms with Crippen LogP contribution in [0.1, 0.15) is 5.56 Å². The molecule has 0 amide bonds. The number of ether oxygens (including phenoxy) is 1. The van der Waals surface area contributed by atoms with E-state index in [1.54, 1.807) is 0 Å². The third-order valence-corrected chi connectivity index (χ3v) is 3.97. The van der Waals surface area contributed by atoms with Gasteiger partial charge >= 0.3 is 6.18 Å². The lowest BCUT2D eigenvalue weighted by molar-refractivity contribution is -0.219. The van der Waals surface area contributed by atoms with Crippen LogP contribution >= 0.6 is 15.9 Å². The number of alkyl halides is 3. The maximum Gasteiger partial charge on any atom is 0.415 e. The van der Waals surface area contributed by atoms with Crippen molar-refractivity contribution in [3.05, 3.63) is 34.1 Å². The summed E-state index contributed by atoms with van der Waals surface area (Å²) >= 11 is 3.12. The molecule has 3 nitrogen and oxygen atoms in total. The highest BCUT2D eigenvalue weighted by atomic mass is 79.9. The van der Waals surface area contributed by atoms with E-state index in [0.29, 0.717) is 4.47 Å². The van der Waals surface area contributed by atoms with Crippen molar-refractivity contribution in [1.82, 2.24) is 0 Å². The van der Waals surface area contributed by atoms with Crippen molar-refractivity contribution in [2.45, 2.75) is 17.8 Å². The third kappa shape index (κ3) is 2.57. The van der Waals surface area contributed by atoms with Crippen LogP contribution < -0.4 is 5.73 Å². The Balaban J connectivity index is 2.46. The summed E-state index contributed by atoms with van der Waals surface area (Å²) in [4.78, 5) is 0. The van der Waals surface area contributed by atoms with E-state index in [9.17, 15) is 22.7 Å². The Morgan fingerprint density at radius 3 is 2.65 bits per heavy atom. The topological polar surface area (TPSA) is 55.5 Å². The minimum absolute atomic E-state index is 0.113. The molecule has 0 unspecified atom stereocenters. The van der Waals surface area contributed by atoms with Gasteiger partial charge in [-0.3, -0.25) is 0 Å². The molecule has 8 heteroatoms. The second kappa shape index (κ2) is 5.25. The smallest absolute Gasteiger partial charge is 0.396 e. The molecule has 1 aliphatic rings. The summed E-state index contributed by atoms with van der Waals surface area (Å²) in [5, 5.41) is 9.26. The van der Waals surface area contributed by atoms with Gasteiger partial charge in [-0.25, -0.2) is 4.39 Å². The van der Waals surface area contributed by atoms with Crippen LogP contribution in [0.25, 0.3) is 0 Å². The zero-order chi connectivity index (χ0) is 15.1. The number of hydrogen-bond acceptors (Lipinski definition) is 3. The Kier molecular flexibility index (Phi) is 4.12. The first-order valence-electron chi connectivity index (χ1n) is 5.73. The quantitative estimate of drug-likeness (QED) is 0.798. The van der Waals surface area contributed by atoms with Gasteiger partial charge in [0.15, 0.2) is 6.10 Å². The zero-order valence-electron chi connectivity index (χ0n) is 10.1. The van der Waals surface area contributed by atoms with Gasteiger partial charge in [0.25, 0.3) is 0 Å². The van der Waals surface area contributed by atoms with E-state index in [1.807, 2.05) is 0 Å². The minimum Gasteiger partial charge on any atom is -0.396 e. The molecule has 2 rings (SSSR count). The van der Waals surface area contributed by atoms with E-state index in [-0.39, 0.29) is 5.56 Å². The number of nitrogens with two attached hydrogens (primary N) is 1. The summed E-state index contributed by atoms with van der Waals surface area (Å²) in [6, 6.07) is 3.82. The van der Waals surface area contributed by atoms with Gasteiger partial charge in [-0.2, -0.15) is 13.2 Å². The molecular formula is C12H12BrF4NO2. The largest absolute Gasteiger partial charge is 0.415 e. The monoisotopic (exact) mass is 357 g/mol. The second-order valence-corrected chi connectivity index (χ2v) is 5.64. The molecule has 1 aliphatic heterocycles. The fraction of sp³-hybridized carbons (Fsp3) is 0.500. The molecule has 0 radical (unpaired) electrons. The molecule has 1 fully saturated rings. The van der Waals surface area contributed by atoms with Crippen molar-refractivity contribution in [2.24, 2.45) is 11.7 Å². The van der Waals surface area contributed by atoms with Crippen LogP contribution in [0.5, 0.6) is 0 Å². The molecule has 1 aromatic rings. The van der Waals surface area contributed by atoms with Crippen LogP contribution in [0.4, 0.5) is 17.6 Å². The lowest BCUT2D eigenvalue weighted by Crippen LogP contribution is -2.50. The maximum atomic E-state index is 13.9. The Morgan fingerprint density at radius 1 is 1.45 bits per heavy atom. The summed E-state index contributed by atoms with van der Waals surface area (Å²) in [6.07, 6.45) is -6.88. The van der Waals surface area contributed by atoms with Crippen molar-refractivity contribution >= 4 is 15.9 Å². The zero-order valence-corrected chi connectivity index (χ0v) is 11.7. The highest BCUT2D eigenvalue weighted by Crippen LogP contribution is 2.44. The van der Waals surface area contributed by atoms with E-state index >= 15 is 0 Å². The van der Waals surface area contributed by atoms with Crippen LogP contribution in [0.3, 0.4) is 0 Å². The van der Waals surface area contributed by atoms with Crippen molar-refractivity contribution in [3.8, 4) is 0 Å². The van der Waals surface area contributed by atoms with Crippen LogP contribution in [0, 0.1) is 11.7 Å². The molecule has 3 atom stereocenters. The van der Waals surface area contributed by atoms with E-state index in [0.717, 1.165) is 6.07 Å². The summed E-state index contributed by atoms with van der Waals surface area (Å²) in [5.74, 6) is -2.20. The van der Waals surface area contributed by atoms with E-state index in [1.165, 1.54) is 12.1 Å². The van der Waals surface area contributed by atoms with Crippen LogP contribution in [-0.4, -0.2) is 30.6 Å². The molecule has 0 spiro atoms. The normalized spacial score (nSPS) is 30.8. The Hall–Kier alpha value is -0.700. The number of benzene rings is 1. The van der Waals surface area contributed by atoms with Gasteiger partial charge < -0.3 is 15.6 Å². The predicted octanol–water partition coefficient (Wildman–Crippen LogP) is 2.31. The highest BCUT2D eigenvalue weighted by molar-refractivity contribution is 9.10. The Bertz CT molecular complexity index is 511.